The fraction of sp³-hybridized carbons (Fsp3) is 0.500. The number of carbonyl (C=O) groups excluding carboxylic acids is 2. The molecule has 1 amide bonds. The highest BCUT2D eigenvalue weighted by Gasteiger charge is 2.42. The van der Waals surface area contributed by atoms with E-state index in [1.807, 2.05) is 0 Å². The summed E-state index contributed by atoms with van der Waals surface area (Å²) >= 11 is 0. The number of para-hydroxylation sites is 1. The van der Waals surface area contributed by atoms with Gasteiger partial charge in [0, 0.05) is 12.5 Å². The summed E-state index contributed by atoms with van der Waals surface area (Å²) in [7, 11) is -2.67. The molecule has 1 saturated carbocycles. The van der Waals surface area contributed by atoms with Crippen LogP contribution in [-0.2, 0) is 33.8 Å². The molecule has 2 N–H and O–H groups in total. The second-order valence-corrected chi connectivity index (χ2v) is 8.34. The van der Waals surface area contributed by atoms with Crippen molar-refractivity contribution in [2.24, 2.45) is 11.8 Å². The van der Waals surface area contributed by atoms with E-state index in [0.29, 0.717) is 38.5 Å². The van der Waals surface area contributed by atoms with Crippen molar-refractivity contribution in [2.45, 2.75) is 17.7 Å². The number of methoxy groups -OCH3 is 1. The van der Waals surface area contributed by atoms with Crippen LogP contribution in [-0.4, -0.2) is 60.4 Å². The first-order valence-electron chi connectivity index (χ1n) is 9.63. The van der Waals surface area contributed by atoms with Crippen molar-refractivity contribution < 1.29 is 32.2 Å². The van der Waals surface area contributed by atoms with Crippen molar-refractivity contribution in [1.29, 1.82) is 0 Å². The van der Waals surface area contributed by atoms with E-state index in [0.717, 1.165) is 0 Å². The largest absolute Gasteiger partial charge is 0.469 e. The van der Waals surface area contributed by atoms with Crippen LogP contribution in [0.5, 0.6) is 0 Å². The molecule has 1 aliphatic carbocycles. The summed E-state index contributed by atoms with van der Waals surface area (Å²) in [5.74, 6) is -1.14. The van der Waals surface area contributed by atoms with Gasteiger partial charge in [-0.1, -0.05) is 18.2 Å². The van der Waals surface area contributed by atoms with Gasteiger partial charge >= 0.3 is 5.97 Å². The van der Waals surface area contributed by atoms with E-state index >= 15 is 0 Å². The van der Waals surface area contributed by atoms with Crippen molar-refractivity contribution >= 4 is 27.6 Å². The lowest BCUT2D eigenvalue weighted by Crippen LogP contribution is -2.32. The van der Waals surface area contributed by atoms with Crippen LogP contribution in [0, 0.1) is 11.8 Å². The Balaban J connectivity index is 1.74. The second-order valence-electron chi connectivity index (χ2n) is 6.69. The predicted octanol–water partition coefficient (Wildman–Crippen LogP) is 1.32. The van der Waals surface area contributed by atoms with Crippen LogP contribution < -0.4 is 10.0 Å². The van der Waals surface area contributed by atoms with Gasteiger partial charge in [-0.05, 0) is 24.5 Å². The van der Waals surface area contributed by atoms with Crippen LogP contribution >= 0.6 is 0 Å². The van der Waals surface area contributed by atoms with Gasteiger partial charge in [0.2, 0.25) is 5.91 Å². The molecule has 0 unspecified atom stereocenters. The minimum Gasteiger partial charge on any atom is -0.469 e. The number of hydrogen-bond acceptors (Lipinski definition) is 8. The normalized spacial score (nSPS) is 17.8. The maximum atomic E-state index is 12.6. The van der Waals surface area contributed by atoms with Gasteiger partial charge in [0.15, 0.2) is 0 Å². The minimum absolute atomic E-state index is 0.000275. The Morgan fingerprint density at radius 1 is 1.17 bits per heavy atom. The van der Waals surface area contributed by atoms with Gasteiger partial charge < -0.3 is 19.5 Å². The van der Waals surface area contributed by atoms with Gasteiger partial charge in [-0.2, -0.15) is 0 Å². The zero-order chi connectivity index (χ0) is 22.0. The Labute approximate surface area is 176 Å². The number of benzene rings is 1. The van der Waals surface area contributed by atoms with Gasteiger partial charge in [-0.25, -0.2) is 13.1 Å². The number of sulfonamides is 1. The highest BCUT2D eigenvalue weighted by molar-refractivity contribution is 7.90. The maximum Gasteiger partial charge on any atom is 0.307 e. The maximum absolute atomic E-state index is 12.6. The monoisotopic (exact) mass is 440 g/mol. The predicted molar refractivity (Wildman–Crippen MR) is 110 cm³/mol. The average molecular weight is 441 g/mol. The first-order valence-corrected chi connectivity index (χ1v) is 11.1. The molecular weight excluding hydrogens is 412 g/mol. The molecule has 2 rings (SSSR count). The highest BCUT2D eigenvalue weighted by Crippen LogP contribution is 2.39. The first kappa shape index (κ1) is 23.8. The second kappa shape index (κ2) is 11.7. The van der Waals surface area contributed by atoms with Crippen LogP contribution in [0.3, 0.4) is 0 Å². The van der Waals surface area contributed by atoms with Gasteiger partial charge in [0.05, 0.1) is 45.6 Å². The number of anilines is 1. The molecule has 1 aromatic rings. The van der Waals surface area contributed by atoms with E-state index < -0.39 is 15.9 Å². The smallest absolute Gasteiger partial charge is 0.307 e. The molecule has 9 nitrogen and oxygen atoms in total. The molecule has 10 heteroatoms. The Hall–Kier alpha value is -2.43. The number of allylic oxidation sites excluding steroid dienone is 1. The summed E-state index contributed by atoms with van der Waals surface area (Å²) in [6.07, 6.45) is 2.47. The summed E-state index contributed by atoms with van der Waals surface area (Å²) in [6, 6.07) is 6.36. The molecule has 0 saturated heterocycles. The van der Waals surface area contributed by atoms with Crippen molar-refractivity contribution in [3.05, 3.63) is 36.9 Å². The molecule has 1 fully saturated rings. The Bertz CT molecular complexity index is 841. The Morgan fingerprint density at radius 2 is 1.87 bits per heavy atom. The highest BCUT2D eigenvalue weighted by atomic mass is 32.2. The molecule has 1 aliphatic rings. The standard InChI is InChI=1S/C20H28N2O7S/c1-3-15-14-16(15)20(24)22-30(25,26)18-7-5-4-6-17(18)21-9-11-29-13-12-28-10-8-19(23)27-2/h3-7,15-16,21H,1,8-14H2,2H3,(H,22,24)/t15-,16+/m1/s1. The lowest BCUT2D eigenvalue weighted by molar-refractivity contribution is -0.142. The molecule has 0 spiro atoms. The molecule has 2 atom stereocenters. The topological polar surface area (TPSA) is 120 Å². The quantitative estimate of drug-likeness (QED) is 0.253. The van der Waals surface area contributed by atoms with Crippen LogP contribution in [0.2, 0.25) is 0 Å². The minimum atomic E-state index is -3.99. The lowest BCUT2D eigenvalue weighted by atomic mass is 10.3. The SMILES string of the molecule is C=C[C@@H]1C[C@@H]1C(=O)NS(=O)(=O)c1ccccc1NCCOCCOCCC(=O)OC. The number of rotatable bonds is 14. The number of ether oxygens (including phenoxy) is 3. The zero-order valence-electron chi connectivity index (χ0n) is 17.0. The summed E-state index contributed by atoms with van der Waals surface area (Å²) in [4.78, 5) is 23.1. The third-order valence-electron chi connectivity index (χ3n) is 4.50. The number of amides is 1. The van der Waals surface area contributed by atoms with Gasteiger partial charge in [0.25, 0.3) is 10.0 Å². The molecule has 0 bridgehead atoms. The third-order valence-corrected chi connectivity index (χ3v) is 5.91. The van der Waals surface area contributed by atoms with Crippen LogP contribution in [0.4, 0.5) is 5.69 Å². The fourth-order valence-corrected chi connectivity index (χ4v) is 3.94. The Kier molecular flexibility index (Phi) is 9.28. The van der Waals surface area contributed by atoms with Crippen molar-refractivity contribution in [3.8, 4) is 0 Å². The molecule has 166 valence electrons. The first-order chi connectivity index (χ1) is 14.4. The average Bonchev–Trinajstić information content (AvgIpc) is 3.52. The van der Waals surface area contributed by atoms with Gasteiger partial charge in [-0.3, -0.25) is 9.59 Å². The van der Waals surface area contributed by atoms with E-state index in [1.165, 1.54) is 13.2 Å². The lowest BCUT2D eigenvalue weighted by Gasteiger charge is -2.13. The fourth-order valence-electron chi connectivity index (χ4n) is 2.72. The number of hydrogen-bond donors (Lipinski definition) is 2. The summed E-state index contributed by atoms with van der Waals surface area (Å²) < 4.78 is 42.5. The molecule has 0 heterocycles. The van der Waals surface area contributed by atoms with Gasteiger partial charge in [0.1, 0.15) is 4.90 Å². The summed E-state index contributed by atoms with van der Waals surface area (Å²) in [6.45, 7) is 5.25. The summed E-state index contributed by atoms with van der Waals surface area (Å²) in [5.41, 5.74) is 0.381. The molecular formula is C20H28N2O7S. The molecule has 0 radical (unpaired) electrons. The van der Waals surface area contributed by atoms with E-state index in [9.17, 15) is 18.0 Å². The Morgan fingerprint density at radius 3 is 2.53 bits per heavy atom. The van der Waals surface area contributed by atoms with Crippen LogP contribution in [0.15, 0.2) is 41.8 Å². The number of carbonyl (C=O) groups is 2. The molecule has 0 aliphatic heterocycles. The van der Waals surface area contributed by atoms with E-state index in [4.69, 9.17) is 9.47 Å². The summed E-state index contributed by atoms with van der Waals surface area (Å²) in [5, 5.41) is 3.01. The van der Waals surface area contributed by atoms with Crippen molar-refractivity contribution in [2.75, 3.05) is 45.4 Å². The van der Waals surface area contributed by atoms with E-state index in [-0.39, 0.29) is 35.7 Å². The van der Waals surface area contributed by atoms with Gasteiger partial charge in [-0.15, -0.1) is 6.58 Å². The van der Waals surface area contributed by atoms with E-state index in [2.05, 4.69) is 21.4 Å². The molecule has 30 heavy (non-hydrogen) atoms. The molecule has 1 aromatic carbocycles. The molecule has 0 aromatic heterocycles. The van der Waals surface area contributed by atoms with Crippen LogP contribution in [0.25, 0.3) is 0 Å². The van der Waals surface area contributed by atoms with Crippen molar-refractivity contribution in [1.82, 2.24) is 4.72 Å². The third kappa shape index (κ3) is 7.43. The number of esters is 1. The van der Waals surface area contributed by atoms with E-state index in [1.54, 1.807) is 24.3 Å². The number of nitrogens with one attached hydrogen (secondary N) is 2. The van der Waals surface area contributed by atoms with Crippen LogP contribution in [0.1, 0.15) is 12.8 Å². The zero-order valence-corrected chi connectivity index (χ0v) is 17.8. The van der Waals surface area contributed by atoms with Crippen molar-refractivity contribution in [3.63, 3.8) is 0 Å².